The molecule has 0 aliphatic carbocycles. The zero-order chi connectivity index (χ0) is 12.3. The Hall–Kier alpha value is -1.37. The fourth-order valence-corrected chi connectivity index (χ4v) is 1.81. The number of nitrogens with one attached hydrogen (secondary N) is 1. The van der Waals surface area contributed by atoms with Gasteiger partial charge in [-0.25, -0.2) is 0 Å². The first kappa shape index (κ1) is 12.1. The van der Waals surface area contributed by atoms with Crippen LogP contribution in [0.1, 0.15) is 16.1 Å². The van der Waals surface area contributed by atoms with Crippen LogP contribution in [0.4, 0.5) is 0 Å². The molecule has 0 aliphatic rings. The molecule has 1 aromatic carbocycles. The Balaban J connectivity index is 1.98. The molecule has 1 aromatic heterocycles. The van der Waals surface area contributed by atoms with Gasteiger partial charge < -0.3 is 5.32 Å². The van der Waals surface area contributed by atoms with Gasteiger partial charge in [0, 0.05) is 22.4 Å². The van der Waals surface area contributed by atoms with E-state index in [9.17, 15) is 4.79 Å². The molecule has 0 saturated heterocycles. The topological polar surface area (TPSA) is 46.9 Å². The summed E-state index contributed by atoms with van der Waals surface area (Å²) < 4.78 is 2.86. The lowest BCUT2D eigenvalue weighted by atomic mass is 10.2. The first-order valence-corrected chi connectivity index (χ1v) is 6.25. The lowest BCUT2D eigenvalue weighted by molar-refractivity contribution is 0.0950. The largest absolute Gasteiger partial charge is 0.346 e. The van der Waals surface area contributed by atoms with Gasteiger partial charge in [0.1, 0.15) is 0 Å². The van der Waals surface area contributed by atoms with Crippen LogP contribution >= 0.6 is 22.6 Å². The van der Waals surface area contributed by atoms with Crippen molar-refractivity contribution in [2.75, 3.05) is 0 Å². The molecule has 0 atom stereocenters. The molecule has 0 spiro atoms. The summed E-state index contributed by atoms with van der Waals surface area (Å²) in [6.07, 6.45) is 1.71. The molecule has 2 rings (SSSR count). The predicted molar refractivity (Wildman–Crippen MR) is 73.5 cm³/mol. The Bertz CT molecular complexity index is 519. The summed E-state index contributed by atoms with van der Waals surface area (Å²) in [5.74, 6) is -0.0670. The third-order valence-corrected chi connectivity index (χ3v) is 3.18. The number of aromatic nitrogens is 2. The normalized spacial score (nSPS) is 10.2. The molecule has 1 amide bonds. The zero-order valence-corrected chi connectivity index (χ0v) is 11.5. The average Bonchev–Trinajstić information content (AvgIpc) is 2.73. The number of carbonyl (C=O) groups is 1. The van der Waals surface area contributed by atoms with E-state index >= 15 is 0 Å². The number of nitrogens with zero attached hydrogens (tertiary/aromatic N) is 2. The minimum atomic E-state index is -0.0670. The summed E-state index contributed by atoms with van der Waals surface area (Å²) in [5.41, 5.74) is 1.65. The highest BCUT2D eigenvalue weighted by Crippen LogP contribution is 2.07. The van der Waals surface area contributed by atoms with Crippen molar-refractivity contribution in [1.82, 2.24) is 15.1 Å². The maximum absolute atomic E-state index is 11.8. The van der Waals surface area contributed by atoms with Crippen LogP contribution < -0.4 is 5.32 Å². The molecular formula is C12H12IN3O. The van der Waals surface area contributed by atoms with Crippen molar-refractivity contribution in [1.29, 1.82) is 0 Å². The van der Waals surface area contributed by atoms with Crippen molar-refractivity contribution in [3.63, 3.8) is 0 Å². The number of hydrogen-bond donors (Lipinski definition) is 1. The summed E-state index contributed by atoms with van der Waals surface area (Å²) in [5, 5.41) is 6.90. The highest BCUT2D eigenvalue weighted by Gasteiger charge is 2.05. The predicted octanol–water partition coefficient (Wildman–Crippen LogP) is 1.95. The fraction of sp³-hybridized carbons (Fsp3) is 0.167. The first-order valence-electron chi connectivity index (χ1n) is 5.17. The number of halogens is 1. The van der Waals surface area contributed by atoms with Crippen molar-refractivity contribution in [2.24, 2.45) is 7.05 Å². The standard InChI is InChI=1S/C12H12IN3O/c1-16-11(6-7-15-16)8-14-12(17)9-2-4-10(13)5-3-9/h2-7H,8H2,1H3,(H,14,17). The van der Waals surface area contributed by atoms with Gasteiger partial charge >= 0.3 is 0 Å². The van der Waals surface area contributed by atoms with Gasteiger partial charge in [-0.1, -0.05) is 0 Å². The van der Waals surface area contributed by atoms with Crippen molar-refractivity contribution >= 4 is 28.5 Å². The Labute approximate surface area is 113 Å². The van der Waals surface area contributed by atoms with Crippen molar-refractivity contribution in [3.05, 3.63) is 51.4 Å². The minimum Gasteiger partial charge on any atom is -0.346 e. The van der Waals surface area contributed by atoms with Gasteiger partial charge in [0.15, 0.2) is 0 Å². The molecule has 0 radical (unpaired) electrons. The Kier molecular flexibility index (Phi) is 3.78. The van der Waals surface area contributed by atoms with E-state index in [-0.39, 0.29) is 5.91 Å². The van der Waals surface area contributed by atoms with E-state index < -0.39 is 0 Å². The second-order valence-corrected chi connectivity index (χ2v) is 4.88. The van der Waals surface area contributed by atoms with Gasteiger partial charge in [0.05, 0.1) is 12.2 Å². The lowest BCUT2D eigenvalue weighted by Gasteiger charge is -2.05. The molecule has 0 bridgehead atoms. The minimum absolute atomic E-state index is 0.0670. The number of rotatable bonds is 3. The molecule has 1 N–H and O–H groups in total. The van der Waals surface area contributed by atoms with E-state index in [0.717, 1.165) is 9.26 Å². The molecule has 5 heteroatoms. The number of aryl methyl sites for hydroxylation is 1. The highest BCUT2D eigenvalue weighted by molar-refractivity contribution is 14.1. The molecule has 1 heterocycles. The van der Waals surface area contributed by atoms with Gasteiger partial charge in [-0.15, -0.1) is 0 Å². The van der Waals surface area contributed by atoms with Gasteiger partial charge in [-0.3, -0.25) is 9.48 Å². The van der Waals surface area contributed by atoms with Gasteiger partial charge in [0.25, 0.3) is 5.91 Å². The van der Waals surface area contributed by atoms with E-state index in [1.54, 1.807) is 10.9 Å². The van der Waals surface area contributed by atoms with Crippen LogP contribution in [0.3, 0.4) is 0 Å². The van der Waals surface area contributed by atoms with Crippen molar-refractivity contribution in [3.8, 4) is 0 Å². The summed E-state index contributed by atoms with van der Waals surface area (Å²) in [7, 11) is 1.85. The van der Waals surface area contributed by atoms with Crippen LogP contribution in [0.25, 0.3) is 0 Å². The van der Waals surface area contributed by atoms with Gasteiger partial charge in [-0.05, 0) is 52.9 Å². The summed E-state index contributed by atoms with van der Waals surface area (Å²) in [4.78, 5) is 11.8. The fourth-order valence-electron chi connectivity index (χ4n) is 1.45. The molecule has 4 nitrogen and oxygen atoms in total. The molecule has 0 fully saturated rings. The van der Waals surface area contributed by atoms with E-state index in [0.29, 0.717) is 12.1 Å². The Morgan fingerprint density at radius 2 is 2.06 bits per heavy atom. The van der Waals surface area contributed by atoms with Crippen LogP contribution in [0, 0.1) is 3.57 Å². The zero-order valence-electron chi connectivity index (χ0n) is 9.35. The Morgan fingerprint density at radius 1 is 1.35 bits per heavy atom. The quantitative estimate of drug-likeness (QED) is 0.868. The van der Waals surface area contributed by atoms with Gasteiger partial charge in [0.2, 0.25) is 0 Å². The molecule has 0 unspecified atom stereocenters. The number of amides is 1. The Morgan fingerprint density at radius 3 is 2.65 bits per heavy atom. The number of benzene rings is 1. The first-order chi connectivity index (χ1) is 8.16. The smallest absolute Gasteiger partial charge is 0.251 e. The highest BCUT2D eigenvalue weighted by atomic mass is 127. The molecular weight excluding hydrogens is 329 g/mol. The molecule has 0 saturated carbocycles. The number of hydrogen-bond acceptors (Lipinski definition) is 2. The van der Waals surface area contributed by atoms with E-state index in [1.807, 2.05) is 37.4 Å². The van der Waals surface area contributed by atoms with Crippen molar-refractivity contribution in [2.45, 2.75) is 6.54 Å². The second kappa shape index (κ2) is 5.31. The average molecular weight is 341 g/mol. The summed E-state index contributed by atoms with van der Waals surface area (Å²) in [6, 6.07) is 9.36. The monoisotopic (exact) mass is 341 g/mol. The summed E-state index contributed by atoms with van der Waals surface area (Å²) in [6.45, 7) is 0.487. The van der Waals surface area contributed by atoms with Crippen LogP contribution in [-0.4, -0.2) is 15.7 Å². The van der Waals surface area contributed by atoms with Crippen LogP contribution in [-0.2, 0) is 13.6 Å². The molecule has 0 aliphatic heterocycles. The third kappa shape index (κ3) is 3.06. The van der Waals surface area contributed by atoms with E-state index in [4.69, 9.17) is 0 Å². The third-order valence-electron chi connectivity index (χ3n) is 2.46. The lowest BCUT2D eigenvalue weighted by Crippen LogP contribution is -2.23. The van der Waals surface area contributed by atoms with E-state index in [2.05, 4.69) is 33.0 Å². The molecule has 2 aromatic rings. The molecule has 88 valence electrons. The maximum Gasteiger partial charge on any atom is 0.251 e. The number of carbonyl (C=O) groups excluding carboxylic acids is 1. The second-order valence-electron chi connectivity index (χ2n) is 3.64. The molecule has 17 heavy (non-hydrogen) atoms. The van der Waals surface area contributed by atoms with Crippen LogP contribution in [0.2, 0.25) is 0 Å². The van der Waals surface area contributed by atoms with E-state index in [1.165, 1.54) is 0 Å². The SMILES string of the molecule is Cn1nccc1CNC(=O)c1ccc(I)cc1. The maximum atomic E-state index is 11.8. The van der Waals surface area contributed by atoms with Gasteiger partial charge in [-0.2, -0.15) is 5.10 Å². The summed E-state index contributed by atoms with van der Waals surface area (Å²) >= 11 is 2.21. The van der Waals surface area contributed by atoms with Crippen LogP contribution in [0.5, 0.6) is 0 Å². The van der Waals surface area contributed by atoms with Crippen LogP contribution in [0.15, 0.2) is 36.5 Å². The van der Waals surface area contributed by atoms with Crippen molar-refractivity contribution < 1.29 is 4.79 Å².